The maximum Gasteiger partial charge on any atom is 0.306 e. The third kappa shape index (κ3) is 67.3. The van der Waals surface area contributed by atoms with Crippen molar-refractivity contribution in [3.05, 3.63) is 85.1 Å². The average Bonchev–Trinajstić information content (AvgIpc) is 3.46. The van der Waals surface area contributed by atoms with Crippen LogP contribution in [0.3, 0.4) is 0 Å². The molecular weight excluding hydrogens is 997 g/mol. The van der Waals surface area contributed by atoms with Gasteiger partial charge in [-0.1, -0.05) is 343 Å². The van der Waals surface area contributed by atoms with E-state index < -0.39 is 6.10 Å². The summed E-state index contributed by atoms with van der Waals surface area (Å²) in [5.74, 6) is -0.982. The maximum atomic E-state index is 12.9. The predicted molar refractivity (Wildman–Crippen MR) is 353 cm³/mol. The van der Waals surface area contributed by atoms with Crippen LogP contribution in [-0.4, -0.2) is 37.2 Å². The third-order valence-electron chi connectivity index (χ3n) is 15.4. The zero-order valence-electron chi connectivity index (χ0n) is 53.8. The van der Waals surface area contributed by atoms with Crippen molar-refractivity contribution < 1.29 is 28.6 Å². The molecule has 0 spiro atoms. The Kier molecular flexibility index (Phi) is 66.2. The van der Waals surface area contributed by atoms with Gasteiger partial charge in [-0.15, -0.1) is 0 Å². The van der Waals surface area contributed by atoms with Crippen molar-refractivity contribution in [2.45, 2.75) is 361 Å². The molecule has 0 aromatic carbocycles. The predicted octanol–water partition coefficient (Wildman–Crippen LogP) is 24.2. The van der Waals surface area contributed by atoms with Gasteiger partial charge in [0.05, 0.1) is 0 Å². The first kappa shape index (κ1) is 77.6. The molecule has 1 atom stereocenters. The van der Waals surface area contributed by atoms with Crippen LogP contribution < -0.4 is 0 Å². The molecule has 0 aliphatic carbocycles. The van der Waals surface area contributed by atoms with E-state index in [1.54, 1.807) is 0 Å². The number of esters is 3. The Balaban J connectivity index is 4.15. The van der Waals surface area contributed by atoms with E-state index in [9.17, 15) is 14.4 Å². The van der Waals surface area contributed by atoms with Gasteiger partial charge in [0.1, 0.15) is 13.2 Å². The number of unbranched alkanes of at least 4 members (excludes halogenated alkanes) is 39. The lowest BCUT2D eigenvalue weighted by Crippen LogP contribution is -2.30. The molecule has 468 valence electrons. The Morgan fingerprint density at radius 1 is 0.259 bits per heavy atom. The van der Waals surface area contributed by atoms with Crippen LogP contribution in [0, 0.1) is 0 Å². The van der Waals surface area contributed by atoms with E-state index in [1.807, 2.05) is 6.08 Å². The smallest absolute Gasteiger partial charge is 0.306 e. The molecule has 0 radical (unpaired) electrons. The van der Waals surface area contributed by atoms with Crippen LogP contribution in [0.4, 0.5) is 0 Å². The summed E-state index contributed by atoms with van der Waals surface area (Å²) in [6, 6.07) is 0. The van der Waals surface area contributed by atoms with Crippen molar-refractivity contribution in [3.8, 4) is 0 Å². The van der Waals surface area contributed by atoms with Gasteiger partial charge in [-0.25, -0.2) is 0 Å². The number of hydrogen-bond acceptors (Lipinski definition) is 6. The van der Waals surface area contributed by atoms with Gasteiger partial charge in [0, 0.05) is 19.3 Å². The first-order valence-corrected chi connectivity index (χ1v) is 35.1. The minimum Gasteiger partial charge on any atom is -0.462 e. The Hall–Kier alpha value is -3.41. The van der Waals surface area contributed by atoms with Crippen LogP contribution in [0.25, 0.3) is 0 Å². The highest BCUT2D eigenvalue weighted by molar-refractivity contribution is 5.71. The van der Waals surface area contributed by atoms with E-state index in [-0.39, 0.29) is 37.5 Å². The van der Waals surface area contributed by atoms with Gasteiger partial charge in [0.25, 0.3) is 0 Å². The Labute approximate surface area is 503 Å². The normalized spacial score (nSPS) is 12.6. The highest BCUT2D eigenvalue weighted by Crippen LogP contribution is 2.18. The summed E-state index contributed by atoms with van der Waals surface area (Å²) in [7, 11) is 0. The standard InChI is InChI=1S/C75H132O6/c1-4-7-10-13-16-19-22-25-27-29-30-31-32-33-34-35-36-37-38-39-40-41-42-43-44-46-47-50-53-56-59-62-65-68-74(77)80-71-72(70-79-73(76)67-64-61-58-55-52-49-24-21-18-15-12-9-6-3)81-75(78)69-66-63-60-57-54-51-48-45-28-26-23-20-17-14-11-8-5-2/h8-9,11-12,17-18,20-21,26,28,49,52,58,61,72H,4-7,10,13-16,19,22-25,27,29-48,50-51,53-57,59-60,62-71H2,1-3H3/b11-8-,12-9-,20-17-,21-18-,28-26-,52-49-,61-58-. The topological polar surface area (TPSA) is 78.9 Å². The van der Waals surface area contributed by atoms with Gasteiger partial charge in [-0.05, 0) is 77.0 Å². The molecule has 0 aromatic rings. The van der Waals surface area contributed by atoms with Crippen molar-refractivity contribution in [2.75, 3.05) is 13.2 Å². The van der Waals surface area contributed by atoms with E-state index in [0.29, 0.717) is 19.3 Å². The first-order chi connectivity index (χ1) is 40.0. The SMILES string of the molecule is CC/C=C\C/C=C\C/C=C\C/C=C\CCC(=O)OCC(COC(=O)CCCCCCCCCCCCCCCCCCCCCCCCCCCCCCCCCCC)OC(=O)CCCCCCCCC/C=C\C/C=C\C/C=C\CC. The fourth-order valence-electron chi connectivity index (χ4n) is 10.2. The zero-order valence-corrected chi connectivity index (χ0v) is 53.8. The second-order valence-electron chi connectivity index (χ2n) is 23.4. The lowest BCUT2D eigenvalue weighted by molar-refractivity contribution is -0.166. The number of hydrogen-bond donors (Lipinski definition) is 0. The van der Waals surface area contributed by atoms with Crippen molar-refractivity contribution in [3.63, 3.8) is 0 Å². The van der Waals surface area contributed by atoms with Crippen molar-refractivity contribution in [1.82, 2.24) is 0 Å². The fraction of sp³-hybridized carbons (Fsp3) is 0.773. The van der Waals surface area contributed by atoms with E-state index in [2.05, 4.69) is 99.8 Å². The third-order valence-corrected chi connectivity index (χ3v) is 15.4. The Morgan fingerprint density at radius 3 is 0.827 bits per heavy atom. The molecule has 0 aliphatic heterocycles. The van der Waals surface area contributed by atoms with Gasteiger partial charge in [-0.2, -0.15) is 0 Å². The van der Waals surface area contributed by atoms with Crippen molar-refractivity contribution in [1.29, 1.82) is 0 Å². The number of carbonyl (C=O) groups excluding carboxylic acids is 3. The van der Waals surface area contributed by atoms with Crippen LogP contribution >= 0.6 is 0 Å². The Morgan fingerprint density at radius 2 is 0.506 bits per heavy atom. The molecule has 0 saturated heterocycles. The molecule has 81 heavy (non-hydrogen) atoms. The summed E-state index contributed by atoms with van der Waals surface area (Å²) in [6.07, 6.45) is 92.3. The minimum atomic E-state index is -0.811. The average molecular weight is 1130 g/mol. The van der Waals surface area contributed by atoms with Crippen LogP contribution in [0.2, 0.25) is 0 Å². The highest BCUT2D eigenvalue weighted by Gasteiger charge is 2.19. The lowest BCUT2D eigenvalue weighted by atomic mass is 10.0. The Bertz CT molecular complexity index is 1530. The first-order valence-electron chi connectivity index (χ1n) is 35.1. The molecule has 0 amide bonds. The van der Waals surface area contributed by atoms with Gasteiger partial charge < -0.3 is 14.2 Å². The summed E-state index contributed by atoms with van der Waals surface area (Å²) in [4.78, 5) is 38.3. The maximum absolute atomic E-state index is 12.9. The zero-order chi connectivity index (χ0) is 58.5. The van der Waals surface area contributed by atoms with Gasteiger partial charge in [-0.3, -0.25) is 14.4 Å². The summed E-state index contributed by atoms with van der Waals surface area (Å²) >= 11 is 0. The van der Waals surface area contributed by atoms with Crippen molar-refractivity contribution in [2.24, 2.45) is 0 Å². The highest BCUT2D eigenvalue weighted by atomic mass is 16.6. The lowest BCUT2D eigenvalue weighted by Gasteiger charge is -2.18. The van der Waals surface area contributed by atoms with E-state index >= 15 is 0 Å². The summed E-state index contributed by atoms with van der Waals surface area (Å²) < 4.78 is 16.9. The van der Waals surface area contributed by atoms with Crippen LogP contribution in [-0.2, 0) is 28.6 Å². The van der Waals surface area contributed by atoms with Gasteiger partial charge in [0.2, 0.25) is 0 Å². The summed E-state index contributed by atoms with van der Waals surface area (Å²) in [5.41, 5.74) is 0. The number of rotatable bonds is 64. The molecular formula is C75H132O6. The molecule has 0 rings (SSSR count). The molecule has 0 N–H and O–H groups in total. The number of carbonyl (C=O) groups is 3. The van der Waals surface area contributed by atoms with E-state index in [4.69, 9.17) is 14.2 Å². The van der Waals surface area contributed by atoms with E-state index in [1.165, 1.54) is 218 Å². The van der Waals surface area contributed by atoms with Crippen molar-refractivity contribution >= 4 is 17.9 Å². The second-order valence-corrected chi connectivity index (χ2v) is 23.4. The van der Waals surface area contributed by atoms with Gasteiger partial charge in [0.15, 0.2) is 6.10 Å². The van der Waals surface area contributed by atoms with E-state index in [0.717, 1.165) is 89.9 Å². The summed E-state index contributed by atoms with van der Waals surface area (Å²) in [5, 5.41) is 0. The van der Waals surface area contributed by atoms with Crippen LogP contribution in [0.15, 0.2) is 85.1 Å². The molecule has 1 unspecified atom stereocenters. The molecule has 0 bridgehead atoms. The largest absolute Gasteiger partial charge is 0.462 e. The fourth-order valence-corrected chi connectivity index (χ4v) is 10.2. The quantitative estimate of drug-likeness (QED) is 0.0261. The molecule has 0 aliphatic rings. The monoisotopic (exact) mass is 1130 g/mol. The number of allylic oxidation sites excluding steroid dienone is 14. The summed E-state index contributed by atoms with van der Waals surface area (Å²) in [6.45, 7) is 6.39. The molecule has 0 saturated carbocycles. The molecule has 0 fully saturated rings. The molecule has 0 aromatic heterocycles. The van der Waals surface area contributed by atoms with Gasteiger partial charge >= 0.3 is 17.9 Å². The van der Waals surface area contributed by atoms with Crippen LogP contribution in [0.5, 0.6) is 0 Å². The van der Waals surface area contributed by atoms with Crippen LogP contribution in [0.1, 0.15) is 355 Å². The number of ether oxygens (including phenoxy) is 3. The molecule has 0 heterocycles. The molecule has 6 heteroatoms. The minimum absolute atomic E-state index is 0.100. The molecule has 6 nitrogen and oxygen atoms in total. The second kappa shape index (κ2) is 69.1.